The van der Waals surface area contributed by atoms with Gasteiger partial charge in [-0.05, 0) is 6.07 Å². The van der Waals surface area contributed by atoms with Crippen molar-refractivity contribution < 1.29 is 26.5 Å². The summed E-state index contributed by atoms with van der Waals surface area (Å²) in [7, 11) is -0.0706. The van der Waals surface area contributed by atoms with Crippen molar-refractivity contribution in [3.63, 3.8) is 0 Å². The number of hydrogen-bond acceptors (Lipinski definition) is 4. The van der Waals surface area contributed by atoms with E-state index in [1.54, 1.807) is 0 Å². The van der Waals surface area contributed by atoms with E-state index in [9.17, 15) is 31.7 Å². The molecule has 0 N–H and O–H groups in total. The van der Waals surface area contributed by atoms with Crippen molar-refractivity contribution in [3.8, 4) is 0 Å². The van der Waals surface area contributed by atoms with Crippen LogP contribution < -0.4 is 0 Å². The van der Waals surface area contributed by atoms with E-state index in [0.717, 1.165) is 0 Å². The van der Waals surface area contributed by atoms with Crippen LogP contribution in [0.5, 0.6) is 0 Å². The third-order valence-electron chi connectivity index (χ3n) is 1.82. The van der Waals surface area contributed by atoms with Gasteiger partial charge < -0.3 is 0 Å². The van der Waals surface area contributed by atoms with E-state index in [4.69, 9.17) is 22.3 Å². The first-order valence-corrected chi connectivity index (χ1v) is 6.63. The summed E-state index contributed by atoms with van der Waals surface area (Å²) in [6.07, 6.45) is -5.06. The minimum atomic E-state index is -5.06. The van der Waals surface area contributed by atoms with Crippen LogP contribution in [0.4, 0.5) is 18.9 Å². The second-order valence-electron chi connectivity index (χ2n) is 2.97. The summed E-state index contributed by atoms with van der Waals surface area (Å²) in [6, 6.07) is 0.690. The average molecular weight is 324 g/mol. The molecule has 0 atom stereocenters. The van der Waals surface area contributed by atoms with Crippen LogP contribution in [0.3, 0.4) is 0 Å². The molecule has 0 aliphatic heterocycles. The van der Waals surface area contributed by atoms with Gasteiger partial charge in [0.2, 0.25) is 0 Å². The quantitative estimate of drug-likeness (QED) is 0.475. The Morgan fingerprint density at radius 1 is 1.28 bits per heavy atom. The number of halogens is 5. The van der Waals surface area contributed by atoms with Crippen molar-refractivity contribution in [2.24, 2.45) is 0 Å². The molecular formula is C7H2Cl2F3NO4S. The Hall–Kier alpha value is -1.06. The summed E-state index contributed by atoms with van der Waals surface area (Å²) in [5.41, 5.74) is -2.64. The minimum Gasteiger partial charge on any atom is -0.258 e. The van der Waals surface area contributed by atoms with Gasteiger partial charge in [0.05, 0.1) is 10.5 Å². The van der Waals surface area contributed by atoms with Crippen LogP contribution in [-0.4, -0.2) is 13.3 Å². The van der Waals surface area contributed by atoms with Gasteiger partial charge in [-0.3, -0.25) is 10.1 Å². The van der Waals surface area contributed by atoms with E-state index in [-0.39, 0.29) is 6.07 Å². The van der Waals surface area contributed by atoms with Gasteiger partial charge >= 0.3 is 6.18 Å². The van der Waals surface area contributed by atoms with Crippen LogP contribution in [-0.2, 0) is 15.2 Å². The third-order valence-corrected chi connectivity index (χ3v) is 3.69. The van der Waals surface area contributed by atoms with E-state index >= 15 is 0 Å². The monoisotopic (exact) mass is 323 g/mol. The van der Waals surface area contributed by atoms with Crippen molar-refractivity contribution in [2.75, 3.05) is 0 Å². The van der Waals surface area contributed by atoms with E-state index in [1.807, 2.05) is 0 Å². The Morgan fingerprint density at radius 2 is 1.78 bits per heavy atom. The third kappa shape index (κ3) is 2.85. The van der Waals surface area contributed by atoms with Crippen LogP contribution in [0.2, 0.25) is 5.02 Å². The standard InChI is InChI=1S/C7H2Cl2F3NO4S/c8-5-4(13(14)15)2-1-3(7(10,11)12)6(5)18(9,16)17/h1-2H. The highest BCUT2D eigenvalue weighted by molar-refractivity contribution is 8.13. The molecule has 1 aromatic carbocycles. The minimum absolute atomic E-state index is 0.235. The zero-order chi connectivity index (χ0) is 14.3. The maximum absolute atomic E-state index is 12.5. The molecule has 0 spiro atoms. The average Bonchev–Trinajstić information content (AvgIpc) is 2.12. The summed E-state index contributed by atoms with van der Waals surface area (Å²) in [4.78, 5) is 7.83. The van der Waals surface area contributed by atoms with E-state index in [0.29, 0.717) is 6.07 Å². The Bertz CT molecular complexity index is 614. The summed E-state index contributed by atoms with van der Waals surface area (Å²) >= 11 is 5.29. The van der Waals surface area contributed by atoms with Crippen molar-refractivity contribution >= 4 is 37.0 Å². The van der Waals surface area contributed by atoms with E-state index < -0.39 is 41.3 Å². The lowest BCUT2D eigenvalue weighted by molar-refractivity contribution is -0.385. The molecule has 0 fully saturated rings. The van der Waals surface area contributed by atoms with Crippen LogP contribution >= 0.6 is 22.3 Å². The Kier molecular flexibility index (Phi) is 3.80. The molecule has 0 saturated heterocycles. The van der Waals surface area contributed by atoms with E-state index in [2.05, 4.69) is 0 Å². The van der Waals surface area contributed by atoms with Crippen molar-refractivity contribution in [1.82, 2.24) is 0 Å². The predicted octanol–water partition coefficient (Wildman–Crippen LogP) is 3.19. The second kappa shape index (κ2) is 4.56. The van der Waals surface area contributed by atoms with Crippen LogP contribution in [0.25, 0.3) is 0 Å². The lowest BCUT2D eigenvalue weighted by Gasteiger charge is -2.11. The van der Waals surface area contributed by atoms with Gasteiger partial charge in [-0.25, -0.2) is 8.42 Å². The molecule has 0 aliphatic rings. The Morgan fingerprint density at radius 3 is 2.11 bits per heavy atom. The van der Waals surface area contributed by atoms with Gasteiger partial charge in [0.1, 0.15) is 9.92 Å². The van der Waals surface area contributed by atoms with Crippen molar-refractivity contribution in [3.05, 3.63) is 32.8 Å². The highest BCUT2D eigenvalue weighted by Crippen LogP contribution is 2.42. The van der Waals surface area contributed by atoms with Gasteiger partial charge in [0.15, 0.2) is 0 Å². The molecule has 0 aliphatic carbocycles. The number of nitro groups is 1. The molecule has 0 aromatic heterocycles. The first-order valence-electron chi connectivity index (χ1n) is 3.95. The summed E-state index contributed by atoms with van der Waals surface area (Å²) in [6.45, 7) is 0. The number of benzene rings is 1. The fourth-order valence-electron chi connectivity index (χ4n) is 1.15. The van der Waals surface area contributed by atoms with Crippen LogP contribution in [0.1, 0.15) is 5.56 Å². The molecule has 11 heteroatoms. The second-order valence-corrected chi connectivity index (χ2v) is 5.85. The molecule has 0 saturated carbocycles. The molecule has 100 valence electrons. The first-order chi connectivity index (χ1) is 7.96. The smallest absolute Gasteiger partial charge is 0.258 e. The molecule has 0 unspecified atom stereocenters. The van der Waals surface area contributed by atoms with Gasteiger partial charge in [-0.15, -0.1) is 0 Å². The molecule has 0 heterocycles. The predicted molar refractivity (Wildman–Crippen MR) is 56.1 cm³/mol. The molecule has 0 radical (unpaired) electrons. The largest absolute Gasteiger partial charge is 0.417 e. The zero-order valence-electron chi connectivity index (χ0n) is 8.03. The maximum Gasteiger partial charge on any atom is 0.417 e. The number of nitro benzene ring substituents is 1. The highest BCUT2D eigenvalue weighted by atomic mass is 35.7. The van der Waals surface area contributed by atoms with Gasteiger partial charge in [-0.1, -0.05) is 11.6 Å². The Labute approximate surface area is 108 Å². The lowest BCUT2D eigenvalue weighted by Crippen LogP contribution is -2.12. The van der Waals surface area contributed by atoms with Gasteiger partial charge in [-0.2, -0.15) is 13.2 Å². The van der Waals surface area contributed by atoms with Crippen molar-refractivity contribution in [1.29, 1.82) is 0 Å². The van der Waals surface area contributed by atoms with Gasteiger partial charge in [0.25, 0.3) is 14.7 Å². The lowest BCUT2D eigenvalue weighted by atomic mass is 10.2. The molecule has 0 amide bonds. The molecule has 5 nitrogen and oxygen atoms in total. The normalized spacial score (nSPS) is 12.5. The molecule has 18 heavy (non-hydrogen) atoms. The summed E-state index contributed by atoms with van der Waals surface area (Å²) in [5.74, 6) is 0. The SMILES string of the molecule is O=[N+]([O-])c1ccc(C(F)(F)F)c(S(=O)(=O)Cl)c1Cl. The number of rotatable bonds is 2. The fraction of sp³-hybridized carbons (Fsp3) is 0.143. The zero-order valence-corrected chi connectivity index (χ0v) is 10.4. The number of nitrogens with zero attached hydrogens (tertiary/aromatic N) is 1. The molecule has 0 bridgehead atoms. The summed E-state index contributed by atoms with van der Waals surface area (Å²) < 4.78 is 59.7. The number of alkyl halides is 3. The highest BCUT2D eigenvalue weighted by Gasteiger charge is 2.40. The fourth-order valence-corrected chi connectivity index (χ4v) is 3.05. The molecule has 1 aromatic rings. The summed E-state index contributed by atoms with van der Waals surface area (Å²) in [5, 5.41) is 9.29. The topological polar surface area (TPSA) is 77.3 Å². The van der Waals surface area contributed by atoms with Crippen molar-refractivity contribution in [2.45, 2.75) is 11.1 Å². The molecule has 1 rings (SSSR count). The maximum atomic E-state index is 12.5. The Balaban J connectivity index is 3.80. The van der Waals surface area contributed by atoms with E-state index in [1.165, 1.54) is 0 Å². The van der Waals surface area contributed by atoms with Crippen LogP contribution in [0.15, 0.2) is 17.0 Å². The van der Waals surface area contributed by atoms with Crippen LogP contribution in [0, 0.1) is 10.1 Å². The molecular weight excluding hydrogens is 322 g/mol. The number of hydrogen-bond donors (Lipinski definition) is 0. The first kappa shape index (κ1) is 15.0. The van der Waals surface area contributed by atoms with Gasteiger partial charge in [0, 0.05) is 16.7 Å².